The lowest BCUT2D eigenvalue weighted by Gasteiger charge is -2.20. The van der Waals surface area contributed by atoms with E-state index >= 15 is 0 Å². The highest BCUT2D eigenvalue weighted by atomic mass is 35.5. The molecule has 3 rings (SSSR count). The van der Waals surface area contributed by atoms with Crippen LogP contribution in [0.25, 0.3) is 5.65 Å². The van der Waals surface area contributed by atoms with Crippen LogP contribution in [0.15, 0.2) is 48.8 Å². The maximum absolute atomic E-state index is 12.3. The summed E-state index contributed by atoms with van der Waals surface area (Å²) in [5.41, 5.74) is 2.15. The molecular formula is C19H19Cl2N3O2. The van der Waals surface area contributed by atoms with Crippen LogP contribution in [0.5, 0.6) is 0 Å². The number of fused-ring (bicyclic) bond motifs is 1. The van der Waals surface area contributed by atoms with Crippen molar-refractivity contribution in [2.45, 2.75) is 31.9 Å². The Labute approximate surface area is 161 Å². The zero-order chi connectivity index (χ0) is 18.7. The SMILES string of the molecule is C[C@@H](NC(=O)Cc1cn2cc(Cl)cc(Cl)c2n1)[C@@H](O)Cc1ccccc1. The molecule has 7 heteroatoms. The van der Waals surface area contributed by atoms with Gasteiger partial charge < -0.3 is 14.8 Å². The zero-order valence-electron chi connectivity index (χ0n) is 14.2. The smallest absolute Gasteiger partial charge is 0.226 e. The van der Waals surface area contributed by atoms with Gasteiger partial charge in [-0.25, -0.2) is 4.98 Å². The fourth-order valence-electron chi connectivity index (χ4n) is 2.76. The number of nitrogens with zero attached hydrogens (tertiary/aromatic N) is 2. The average Bonchev–Trinajstić information content (AvgIpc) is 2.98. The number of amides is 1. The minimum Gasteiger partial charge on any atom is -0.391 e. The first-order valence-electron chi connectivity index (χ1n) is 8.26. The molecule has 2 N–H and O–H groups in total. The Hall–Kier alpha value is -2.08. The lowest BCUT2D eigenvalue weighted by atomic mass is 10.0. The Morgan fingerprint density at radius 1 is 1.27 bits per heavy atom. The molecule has 0 spiro atoms. The molecule has 0 unspecified atom stereocenters. The number of aliphatic hydroxyl groups excluding tert-OH is 1. The molecule has 0 saturated carbocycles. The molecule has 0 fully saturated rings. The minimum absolute atomic E-state index is 0.0953. The third kappa shape index (κ3) is 4.55. The van der Waals surface area contributed by atoms with Gasteiger partial charge in [0.2, 0.25) is 5.91 Å². The zero-order valence-corrected chi connectivity index (χ0v) is 15.7. The summed E-state index contributed by atoms with van der Waals surface area (Å²) in [7, 11) is 0. The molecule has 2 aromatic heterocycles. The van der Waals surface area contributed by atoms with Crippen molar-refractivity contribution in [3.05, 3.63) is 70.1 Å². The molecule has 1 amide bonds. The number of aromatic nitrogens is 2. The summed E-state index contributed by atoms with van der Waals surface area (Å²) in [5, 5.41) is 14.0. The lowest BCUT2D eigenvalue weighted by molar-refractivity contribution is -0.121. The van der Waals surface area contributed by atoms with E-state index in [0.29, 0.717) is 27.8 Å². The van der Waals surface area contributed by atoms with Crippen LogP contribution in [-0.2, 0) is 17.6 Å². The quantitative estimate of drug-likeness (QED) is 0.677. The number of carbonyl (C=O) groups is 1. The molecule has 26 heavy (non-hydrogen) atoms. The van der Waals surface area contributed by atoms with Gasteiger partial charge in [0.25, 0.3) is 0 Å². The van der Waals surface area contributed by atoms with Crippen molar-refractivity contribution in [3.8, 4) is 0 Å². The normalized spacial score (nSPS) is 13.5. The van der Waals surface area contributed by atoms with Crippen LogP contribution in [0, 0.1) is 0 Å². The molecule has 2 heterocycles. The van der Waals surface area contributed by atoms with E-state index in [0.717, 1.165) is 5.56 Å². The number of carbonyl (C=O) groups excluding carboxylic acids is 1. The highest BCUT2D eigenvalue weighted by Gasteiger charge is 2.18. The largest absolute Gasteiger partial charge is 0.391 e. The second-order valence-electron chi connectivity index (χ2n) is 6.26. The van der Waals surface area contributed by atoms with E-state index in [1.54, 1.807) is 29.8 Å². The number of halogens is 2. The van der Waals surface area contributed by atoms with Crippen LogP contribution < -0.4 is 5.32 Å². The van der Waals surface area contributed by atoms with E-state index in [-0.39, 0.29) is 18.4 Å². The van der Waals surface area contributed by atoms with Gasteiger partial charge in [-0.2, -0.15) is 0 Å². The Kier molecular flexibility index (Phi) is 5.81. The van der Waals surface area contributed by atoms with Crippen LogP contribution in [0.2, 0.25) is 10.0 Å². The monoisotopic (exact) mass is 391 g/mol. The van der Waals surface area contributed by atoms with Gasteiger partial charge in [-0.15, -0.1) is 0 Å². The topological polar surface area (TPSA) is 66.6 Å². The predicted octanol–water partition coefficient (Wildman–Crippen LogP) is 3.29. The molecule has 0 bridgehead atoms. The molecule has 2 atom stereocenters. The van der Waals surface area contributed by atoms with Gasteiger partial charge in [0.1, 0.15) is 0 Å². The second-order valence-corrected chi connectivity index (χ2v) is 7.10. The summed E-state index contributed by atoms with van der Waals surface area (Å²) >= 11 is 12.1. The van der Waals surface area contributed by atoms with Crippen molar-refractivity contribution in [1.29, 1.82) is 0 Å². The second kappa shape index (κ2) is 8.08. The number of hydrogen-bond acceptors (Lipinski definition) is 3. The first-order chi connectivity index (χ1) is 12.4. The predicted molar refractivity (Wildman–Crippen MR) is 103 cm³/mol. The molecule has 0 aliphatic carbocycles. The molecule has 5 nitrogen and oxygen atoms in total. The number of pyridine rings is 1. The Morgan fingerprint density at radius 2 is 2.00 bits per heavy atom. The van der Waals surface area contributed by atoms with Crippen molar-refractivity contribution in [2.24, 2.45) is 0 Å². The molecule has 0 aliphatic heterocycles. The van der Waals surface area contributed by atoms with Gasteiger partial charge in [-0.1, -0.05) is 53.5 Å². The molecule has 0 aliphatic rings. The van der Waals surface area contributed by atoms with Gasteiger partial charge in [-0.05, 0) is 18.6 Å². The molecule has 1 aromatic carbocycles. The number of aliphatic hydroxyl groups is 1. The molecule has 3 aromatic rings. The standard InChI is InChI=1S/C19H19Cl2N3O2/c1-12(17(25)7-13-5-3-2-4-6-13)22-18(26)9-15-11-24-10-14(20)8-16(21)19(24)23-15/h2-6,8,10-12,17,25H,7,9H2,1H3,(H,22,26)/t12-,17+/m1/s1. The summed E-state index contributed by atoms with van der Waals surface area (Å²) in [6.45, 7) is 1.78. The Bertz CT molecular complexity index is 912. The fourth-order valence-corrected chi connectivity index (χ4v) is 3.29. The summed E-state index contributed by atoms with van der Waals surface area (Å²) < 4.78 is 1.70. The summed E-state index contributed by atoms with van der Waals surface area (Å²) in [6, 6.07) is 10.9. The number of benzene rings is 1. The van der Waals surface area contributed by atoms with Crippen LogP contribution in [-0.4, -0.2) is 32.5 Å². The van der Waals surface area contributed by atoms with E-state index in [1.165, 1.54) is 0 Å². The number of hydrogen-bond donors (Lipinski definition) is 2. The third-order valence-corrected chi connectivity index (χ3v) is 4.60. The van der Waals surface area contributed by atoms with Crippen molar-refractivity contribution in [2.75, 3.05) is 0 Å². The summed E-state index contributed by atoms with van der Waals surface area (Å²) in [6.07, 6.45) is 3.31. The van der Waals surface area contributed by atoms with Crippen molar-refractivity contribution >= 4 is 34.8 Å². The van der Waals surface area contributed by atoms with E-state index < -0.39 is 6.10 Å². The van der Waals surface area contributed by atoms with Gasteiger partial charge in [-0.3, -0.25) is 4.79 Å². The molecule has 0 saturated heterocycles. The van der Waals surface area contributed by atoms with Crippen LogP contribution in [0.4, 0.5) is 0 Å². The average molecular weight is 392 g/mol. The maximum Gasteiger partial charge on any atom is 0.226 e. The van der Waals surface area contributed by atoms with Crippen molar-refractivity contribution < 1.29 is 9.90 Å². The number of rotatable bonds is 6. The molecule has 0 radical (unpaired) electrons. The fraction of sp³-hybridized carbons (Fsp3) is 0.263. The van der Waals surface area contributed by atoms with Gasteiger partial charge in [0.15, 0.2) is 5.65 Å². The minimum atomic E-state index is -0.671. The van der Waals surface area contributed by atoms with Crippen LogP contribution in [0.1, 0.15) is 18.2 Å². The highest BCUT2D eigenvalue weighted by Crippen LogP contribution is 2.21. The summed E-state index contributed by atoms with van der Waals surface area (Å²) in [5.74, 6) is -0.213. The van der Waals surface area contributed by atoms with Gasteiger partial charge in [0.05, 0.1) is 34.3 Å². The van der Waals surface area contributed by atoms with E-state index in [9.17, 15) is 9.90 Å². The van der Waals surface area contributed by atoms with Gasteiger partial charge in [0, 0.05) is 18.8 Å². The number of imidazole rings is 1. The van der Waals surface area contributed by atoms with E-state index in [1.807, 2.05) is 30.3 Å². The third-order valence-electron chi connectivity index (χ3n) is 4.12. The van der Waals surface area contributed by atoms with Crippen LogP contribution in [0.3, 0.4) is 0 Å². The maximum atomic E-state index is 12.3. The van der Waals surface area contributed by atoms with E-state index in [4.69, 9.17) is 23.2 Å². The van der Waals surface area contributed by atoms with Crippen molar-refractivity contribution in [1.82, 2.24) is 14.7 Å². The first-order valence-corrected chi connectivity index (χ1v) is 9.02. The summed E-state index contributed by atoms with van der Waals surface area (Å²) in [4.78, 5) is 16.6. The Morgan fingerprint density at radius 3 is 2.73 bits per heavy atom. The van der Waals surface area contributed by atoms with Gasteiger partial charge >= 0.3 is 0 Å². The Balaban J connectivity index is 1.60. The van der Waals surface area contributed by atoms with Crippen molar-refractivity contribution in [3.63, 3.8) is 0 Å². The van der Waals surface area contributed by atoms with Crippen LogP contribution >= 0.6 is 23.2 Å². The molecule has 136 valence electrons. The molecular weight excluding hydrogens is 373 g/mol. The first kappa shape index (κ1) is 18.7. The lowest BCUT2D eigenvalue weighted by Crippen LogP contribution is -2.42. The van der Waals surface area contributed by atoms with E-state index in [2.05, 4.69) is 10.3 Å². The number of nitrogens with one attached hydrogen (secondary N) is 1. The highest BCUT2D eigenvalue weighted by molar-refractivity contribution is 6.36.